The van der Waals surface area contributed by atoms with E-state index < -0.39 is 11.9 Å². The van der Waals surface area contributed by atoms with E-state index in [1.807, 2.05) is 0 Å². The maximum absolute atomic E-state index is 10.3. The maximum Gasteiger partial charge on any atom is 0.303 e. The fourth-order valence-corrected chi connectivity index (χ4v) is 2.52. The van der Waals surface area contributed by atoms with Gasteiger partial charge in [-0.2, -0.15) is 0 Å². The summed E-state index contributed by atoms with van der Waals surface area (Å²) in [4.78, 5) is 20.7. The first-order valence-corrected chi connectivity index (χ1v) is 8.64. The van der Waals surface area contributed by atoms with Crippen LogP contribution >= 0.6 is 0 Å². The molecule has 0 aliphatic carbocycles. The van der Waals surface area contributed by atoms with Crippen molar-refractivity contribution in [1.82, 2.24) is 0 Å². The topological polar surface area (TPSA) is 94.8 Å². The lowest BCUT2D eigenvalue weighted by Crippen LogP contribution is -2.06. The second-order valence-electron chi connectivity index (χ2n) is 6.05. The van der Waals surface area contributed by atoms with E-state index in [1.54, 1.807) is 0 Å². The van der Waals surface area contributed by atoms with E-state index >= 15 is 0 Å². The molecule has 5 nitrogen and oxygen atoms in total. The maximum atomic E-state index is 10.3. The minimum Gasteiger partial charge on any atom is -0.481 e. The summed E-state index contributed by atoms with van der Waals surface area (Å²) in [5.41, 5.74) is 0. The summed E-state index contributed by atoms with van der Waals surface area (Å²) in [6.07, 6.45) is 11.6. The van der Waals surface area contributed by atoms with Crippen molar-refractivity contribution in [3.05, 3.63) is 0 Å². The molecule has 5 heteroatoms. The van der Waals surface area contributed by atoms with Gasteiger partial charge in [0.1, 0.15) is 0 Å². The number of aliphatic hydroxyl groups is 1. The third kappa shape index (κ3) is 17.0. The highest BCUT2D eigenvalue weighted by Crippen LogP contribution is 2.14. The van der Waals surface area contributed by atoms with Gasteiger partial charge in [0, 0.05) is 12.8 Å². The molecule has 0 bridgehead atoms. The molecule has 0 aromatic carbocycles. The third-order valence-electron chi connectivity index (χ3n) is 3.86. The van der Waals surface area contributed by atoms with Gasteiger partial charge in [-0.25, -0.2) is 0 Å². The van der Waals surface area contributed by atoms with E-state index in [9.17, 15) is 14.7 Å². The zero-order valence-electron chi connectivity index (χ0n) is 13.6. The lowest BCUT2D eigenvalue weighted by molar-refractivity contribution is -0.138. The zero-order chi connectivity index (χ0) is 16.6. The normalized spacial score (nSPS) is 11.0. The number of rotatable bonds is 16. The summed E-state index contributed by atoms with van der Waals surface area (Å²) >= 11 is 0. The van der Waals surface area contributed by atoms with E-state index in [0.29, 0.717) is 0 Å². The van der Waals surface area contributed by atoms with Gasteiger partial charge >= 0.3 is 11.9 Å². The Balaban J connectivity index is 3.21. The first-order chi connectivity index (χ1) is 10.5. The minimum atomic E-state index is -0.724. The number of unbranched alkanes of at least 4 members (excludes halogenated alkanes) is 8. The summed E-state index contributed by atoms with van der Waals surface area (Å²) < 4.78 is 0. The van der Waals surface area contributed by atoms with Crippen molar-refractivity contribution >= 4 is 11.9 Å². The fraction of sp³-hybridized carbons (Fsp3) is 0.882. The molecule has 0 aliphatic heterocycles. The molecule has 0 fully saturated rings. The molecule has 22 heavy (non-hydrogen) atoms. The molecule has 0 radical (unpaired) electrons. The molecule has 0 spiro atoms. The summed E-state index contributed by atoms with van der Waals surface area (Å²) in [6, 6.07) is 0. The van der Waals surface area contributed by atoms with Crippen LogP contribution in [0.5, 0.6) is 0 Å². The average Bonchev–Trinajstić information content (AvgIpc) is 2.44. The van der Waals surface area contributed by atoms with Crippen molar-refractivity contribution in [2.75, 3.05) is 0 Å². The summed E-state index contributed by atoms with van der Waals surface area (Å²) in [7, 11) is 0. The largest absolute Gasteiger partial charge is 0.481 e. The van der Waals surface area contributed by atoms with E-state index in [2.05, 4.69) is 0 Å². The molecule has 0 atom stereocenters. The van der Waals surface area contributed by atoms with E-state index in [-0.39, 0.29) is 18.9 Å². The molecule has 0 saturated carbocycles. The number of aliphatic hydroxyl groups excluding tert-OH is 1. The summed E-state index contributed by atoms with van der Waals surface area (Å²) in [5.74, 6) is -1.45. The first-order valence-electron chi connectivity index (χ1n) is 8.64. The molecule has 0 amide bonds. The predicted molar refractivity (Wildman–Crippen MR) is 85.9 cm³/mol. The number of aliphatic carboxylic acids is 2. The summed E-state index contributed by atoms with van der Waals surface area (Å²) in [5, 5.41) is 26.9. The van der Waals surface area contributed by atoms with Crippen LogP contribution in [0.2, 0.25) is 0 Å². The van der Waals surface area contributed by atoms with Crippen molar-refractivity contribution in [2.45, 2.75) is 96.0 Å². The molecule has 0 rings (SSSR count). The van der Waals surface area contributed by atoms with Crippen LogP contribution in [0.1, 0.15) is 89.9 Å². The van der Waals surface area contributed by atoms with Crippen molar-refractivity contribution in [2.24, 2.45) is 0 Å². The lowest BCUT2D eigenvalue weighted by atomic mass is 10.0. The molecule has 0 saturated heterocycles. The Bertz CT molecular complexity index is 263. The van der Waals surface area contributed by atoms with Crippen LogP contribution in [0.25, 0.3) is 0 Å². The van der Waals surface area contributed by atoms with Gasteiger partial charge in [0.2, 0.25) is 0 Å². The number of carbonyl (C=O) groups is 2. The van der Waals surface area contributed by atoms with Crippen LogP contribution < -0.4 is 0 Å². The van der Waals surface area contributed by atoms with Crippen molar-refractivity contribution < 1.29 is 24.9 Å². The van der Waals surface area contributed by atoms with Gasteiger partial charge in [0.05, 0.1) is 6.10 Å². The highest BCUT2D eigenvalue weighted by atomic mass is 16.4. The van der Waals surface area contributed by atoms with Crippen molar-refractivity contribution in [3.63, 3.8) is 0 Å². The van der Waals surface area contributed by atoms with Crippen LogP contribution in [0.4, 0.5) is 0 Å². The van der Waals surface area contributed by atoms with Crippen LogP contribution in [-0.4, -0.2) is 33.4 Å². The Morgan fingerprint density at radius 2 is 0.909 bits per heavy atom. The number of hydrogen-bond donors (Lipinski definition) is 3. The Hall–Kier alpha value is -1.10. The molecule has 0 aromatic rings. The monoisotopic (exact) mass is 316 g/mol. The van der Waals surface area contributed by atoms with Gasteiger partial charge in [-0.15, -0.1) is 0 Å². The van der Waals surface area contributed by atoms with E-state index in [1.165, 1.54) is 0 Å². The fourth-order valence-electron chi connectivity index (χ4n) is 2.52. The minimum absolute atomic E-state index is 0.224. The van der Waals surface area contributed by atoms with Gasteiger partial charge < -0.3 is 15.3 Å². The van der Waals surface area contributed by atoms with Gasteiger partial charge in [0.25, 0.3) is 0 Å². The van der Waals surface area contributed by atoms with Crippen LogP contribution in [-0.2, 0) is 9.59 Å². The van der Waals surface area contributed by atoms with E-state index in [4.69, 9.17) is 10.2 Å². The highest BCUT2D eigenvalue weighted by Gasteiger charge is 2.04. The third-order valence-corrected chi connectivity index (χ3v) is 3.86. The molecule has 0 heterocycles. The molecule has 0 aliphatic rings. The standard InChI is InChI=1S/C17H32O5/c18-15(11-7-3-1-5-9-13-16(19)20)12-8-4-2-6-10-14-17(21)22/h15,18H,1-14H2,(H,19,20)(H,21,22). The Labute approximate surface area is 133 Å². The Morgan fingerprint density at radius 1 is 0.591 bits per heavy atom. The zero-order valence-corrected chi connectivity index (χ0v) is 13.6. The average molecular weight is 316 g/mol. The SMILES string of the molecule is O=C(O)CCCCCCCC(O)CCCCCCCC(=O)O. The predicted octanol–water partition coefficient (Wildman–Crippen LogP) is 3.98. The molecule has 0 unspecified atom stereocenters. The van der Waals surface area contributed by atoms with E-state index in [0.717, 1.165) is 77.0 Å². The second kappa shape index (κ2) is 14.8. The van der Waals surface area contributed by atoms with Crippen LogP contribution in [0.15, 0.2) is 0 Å². The molecule has 3 N–H and O–H groups in total. The quantitative estimate of drug-likeness (QED) is 0.374. The molecular weight excluding hydrogens is 284 g/mol. The lowest BCUT2D eigenvalue weighted by Gasteiger charge is -2.10. The highest BCUT2D eigenvalue weighted by molar-refractivity contribution is 5.66. The van der Waals surface area contributed by atoms with Crippen LogP contribution in [0.3, 0.4) is 0 Å². The van der Waals surface area contributed by atoms with Gasteiger partial charge in [-0.05, 0) is 25.7 Å². The van der Waals surface area contributed by atoms with Crippen LogP contribution in [0, 0.1) is 0 Å². The smallest absolute Gasteiger partial charge is 0.303 e. The second-order valence-corrected chi connectivity index (χ2v) is 6.05. The molecule has 130 valence electrons. The molecular formula is C17H32O5. The summed E-state index contributed by atoms with van der Waals surface area (Å²) in [6.45, 7) is 0. The van der Waals surface area contributed by atoms with Crippen molar-refractivity contribution in [3.8, 4) is 0 Å². The number of carboxylic acids is 2. The Kier molecular flexibility index (Phi) is 14.1. The Morgan fingerprint density at radius 3 is 1.27 bits per heavy atom. The number of carboxylic acid groups (broad SMARTS) is 2. The first kappa shape index (κ1) is 20.9. The van der Waals surface area contributed by atoms with Gasteiger partial charge in [0.15, 0.2) is 0 Å². The molecule has 0 aromatic heterocycles. The van der Waals surface area contributed by atoms with Gasteiger partial charge in [-0.1, -0.05) is 51.4 Å². The van der Waals surface area contributed by atoms with Gasteiger partial charge in [-0.3, -0.25) is 9.59 Å². The van der Waals surface area contributed by atoms with Crippen molar-refractivity contribution in [1.29, 1.82) is 0 Å². The number of hydrogen-bond acceptors (Lipinski definition) is 3.